The van der Waals surface area contributed by atoms with Gasteiger partial charge in [0.2, 0.25) is 5.91 Å². The maximum atomic E-state index is 12.3. The van der Waals surface area contributed by atoms with Crippen molar-refractivity contribution in [3.63, 3.8) is 0 Å². The summed E-state index contributed by atoms with van der Waals surface area (Å²) < 4.78 is 0. The Hall–Kier alpha value is -0.610. The minimum Gasteiger partial charge on any atom is -0.324 e. The molecule has 0 aromatic heterocycles. The largest absolute Gasteiger partial charge is 0.324 e. The molecule has 2 rings (SSSR count). The van der Waals surface area contributed by atoms with Crippen LogP contribution in [0.5, 0.6) is 0 Å². The van der Waals surface area contributed by atoms with E-state index in [4.69, 9.17) is 0 Å². The Morgan fingerprint density at radius 3 is 2.82 bits per heavy atom. The molecule has 2 aliphatic heterocycles. The number of likely N-dealkylation sites (tertiary alicyclic amines) is 1. The lowest BCUT2D eigenvalue weighted by molar-refractivity contribution is -0.132. The summed E-state index contributed by atoms with van der Waals surface area (Å²) in [6.07, 6.45) is 2.38. The predicted molar refractivity (Wildman–Crippen MR) is 68.6 cm³/mol. The van der Waals surface area contributed by atoms with Gasteiger partial charge in [0.25, 0.3) is 0 Å². The minimum atomic E-state index is 0.0343. The van der Waals surface area contributed by atoms with Crippen molar-refractivity contribution in [2.24, 2.45) is 5.92 Å². The van der Waals surface area contributed by atoms with Crippen LogP contribution in [0.15, 0.2) is 0 Å². The van der Waals surface area contributed by atoms with E-state index < -0.39 is 0 Å². The van der Waals surface area contributed by atoms with Gasteiger partial charge in [0.05, 0.1) is 12.7 Å². The number of nitrogens with zero attached hydrogens (tertiary/aromatic N) is 2. The van der Waals surface area contributed by atoms with Crippen LogP contribution in [0.2, 0.25) is 0 Å². The van der Waals surface area contributed by atoms with Crippen molar-refractivity contribution in [1.29, 1.82) is 0 Å². The first-order valence-corrected chi connectivity index (χ1v) is 6.89. The van der Waals surface area contributed by atoms with E-state index in [1.54, 1.807) is 0 Å². The van der Waals surface area contributed by atoms with E-state index >= 15 is 0 Å². The number of amides is 1. The van der Waals surface area contributed by atoms with Gasteiger partial charge in [0, 0.05) is 12.6 Å². The van der Waals surface area contributed by atoms with Gasteiger partial charge in [0.1, 0.15) is 0 Å². The third-order valence-electron chi connectivity index (χ3n) is 4.07. The molecule has 0 aliphatic carbocycles. The van der Waals surface area contributed by atoms with Gasteiger partial charge in [-0.1, -0.05) is 20.8 Å². The third-order valence-corrected chi connectivity index (χ3v) is 4.07. The zero-order valence-corrected chi connectivity index (χ0v) is 11.3. The molecule has 2 aliphatic rings. The molecule has 2 unspecified atom stereocenters. The Kier molecular flexibility index (Phi) is 4.05. The standard InChI is InChI=1S/C13H25N3O/c1-4-15-7-5-6-11(8-15)16-9-14-12(10(2)3)13(16)17/h10-12,14H,4-9H2,1-3H3. The lowest BCUT2D eigenvalue weighted by Gasteiger charge is -2.36. The number of likely N-dealkylation sites (N-methyl/N-ethyl adjacent to an activating group) is 1. The second-order valence-electron chi connectivity index (χ2n) is 5.58. The molecule has 2 heterocycles. The highest BCUT2D eigenvalue weighted by Gasteiger charge is 2.38. The molecule has 0 spiro atoms. The van der Waals surface area contributed by atoms with Gasteiger partial charge < -0.3 is 9.80 Å². The molecule has 17 heavy (non-hydrogen) atoms. The average molecular weight is 239 g/mol. The number of carbonyl (C=O) groups excluding carboxylic acids is 1. The van der Waals surface area contributed by atoms with Crippen molar-refractivity contribution >= 4 is 5.91 Å². The summed E-state index contributed by atoms with van der Waals surface area (Å²) in [5.74, 6) is 0.696. The maximum absolute atomic E-state index is 12.3. The molecule has 0 saturated carbocycles. The van der Waals surface area contributed by atoms with E-state index in [2.05, 4.69) is 35.9 Å². The van der Waals surface area contributed by atoms with Crippen LogP contribution in [-0.2, 0) is 4.79 Å². The summed E-state index contributed by atoms with van der Waals surface area (Å²) in [5.41, 5.74) is 0. The van der Waals surface area contributed by atoms with Gasteiger partial charge in [-0.3, -0.25) is 10.1 Å². The summed E-state index contributed by atoms with van der Waals surface area (Å²) in [6.45, 7) is 10.5. The van der Waals surface area contributed by atoms with Gasteiger partial charge in [0.15, 0.2) is 0 Å². The number of carbonyl (C=O) groups is 1. The quantitative estimate of drug-likeness (QED) is 0.794. The Balaban J connectivity index is 1.96. The van der Waals surface area contributed by atoms with Gasteiger partial charge in [-0.15, -0.1) is 0 Å². The van der Waals surface area contributed by atoms with Gasteiger partial charge in [-0.25, -0.2) is 0 Å². The second-order valence-corrected chi connectivity index (χ2v) is 5.58. The highest BCUT2D eigenvalue weighted by atomic mass is 16.2. The van der Waals surface area contributed by atoms with Crippen molar-refractivity contribution in [1.82, 2.24) is 15.1 Å². The first-order valence-electron chi connectivity index (χ1n) is 6.89. The molecule has 4 nitrogen and oxygen atoms in total. The summed E-state index contributed by atoms with van der Waals surface area (Å²) in [6, 6.07) is 0.458. The van der Waals surface area contributed by atoms with E-state index in [1.165, 1.54) is 13.0 Å². The topological polar surface area (TPSA) is 35.6 Å². The van der Waals surface area contributed by atoms with Crippen molar-refractivity contribution in [2.75, 3.05) is 26.3 Å². The van der Waals surface area contributed by atoms with Crippen molar-refractivity contribution in [3.05, 3.63) is 0 Å². The van der Waals surface area contributed by atoms with Crippen LogP contribution in [0.1, 0.15) is 33.6 Å². The normalized spacial score (nSPS) is 31.5. The number of hydrogen-bond donors (Lipinski definition) is 1. The monoisotopic (exact) mass is 239 g/mol. The molecular formula is C13H25N3O. The van der Waals surface area contributed by atoms with Gasteiger partial charge in [-0.05, 0) is 31.8 Å². The molecule has 4 heteroatoms. The molecule has 0 aromatic carbocycles. The minimum absolute atomic E-state index is 0.0343. The lowest BCUT2D eigenvalue weighted by atomic mass is 10.0. The molecule has 2 saturated heterocycles. The fraction of sp³-hybridized carbons (Fsp3) is 0.923. The molecule has 0 aromatic rings. The first kappa shape index (κ1) is 12.8. The molecule has 1 amide bonds. The van der Waals surface area contributed by atoms with Gasteiger partial charge >= 0.3 is 0 Å². The van der Waals surface area contributed by atoms with Crippen molar-refractivity contribution in [3.8, 4) is 0 Å². The molecule has 98 valence electrons. The van der Waals surface area contributed by atoms with Crippen LogP contribution in [0.4, 0.5) is 0 Å². The molecule has 2 atom stereocenters. The van der Waals surface area contributed by atoms with E-state index in [0.29, 0.717) is 17.9 Å². The lowest BCUT2D eigenvalue weighted by Crippen LogP contribution is -2.49. The zero-order chi connectivity index (χ0) is 12.4. The Bertz CT molecular complexity index is 280. The summed E-state index contributed by atoms with van der Waals surface area (Å²) >= 11 is 0. The van der Waals surface area contributed by atoms with Crippen LogP contribution in [0, 0.1) is 5.92 Å². The summed E-state index contributed by atoms with van der Waals surface area (Å²) in [7, 11) is 0. The fourth-order valence-electron chi connectivity index (χ4n) is 2.94. The molecule has 1 N–H and O–H groups in total. The fourth-order valence-corrected chi connectivity index (χ4v) is 2.94. The molecule has 0 radical (unpaired) electrons. The van der Waals surface area contributed by atoms with Crippen LogP contribution in [0.3, 0.4) is 0 Å². The third kappa shape index (κ3) is 2.63. The van der Waals surface area contributed by atoms with Crippen LogP contribution < -0.4 is 5.32 Å². The first-order chi connectivity index (χ1) is 8.13. The van der Waals surface area contributed by atoms with Crippen LogP contribution in [0.25, 0.3) is 0 Å². The zero-order valence-electron chi connectivity index (χ0n) is 11.3. The van der Waals surface area contributed by atoms with Gasteiger partial charge in [-0.2, -0.15) is 0 Å². The highest BCUT2D eigenvalue weighted by molar-refractivity contribution is 5.84. The smallest absolute Gasteiger partial charge is 0.241 e. The van der Waals surface area contributed by atoms with Crippen molar-refractivity contribution < 1.29 is 4.79 Å². The number of rotatable bonds is 3. The van der Waals surface area contributed by atoms with E-state index in [-0.39, 0.29) is 6.04 Å². The second kappa shape index (κ2) is 5.36. The summed E-state index contributed by atoms with van der Waals surface area (Å²) in [5, 5.41) is 3.34. The van der Waals surface area contributed by atoms with E-state index in [0.717, 1.165) is 26.2 Å². The van der Waals surface area contributed by atoms with Crippen LogP contribution in [-0.4, -0.2) is 54.1 Å². The van der Waals surface area contributed by atoms with Crippen LogP contribution >= 0.6 is 0 Å². The molecular weight excluding hydrogens is 214 g/mol. The molecule has 0 bridgehead atoms. The molecule has 2 fully saturated rings. The maximum Gasteiger partial charge on any atom is 0.241 e. The summed E-state index contributed by atoms with van der Waals surface area (Å²) in [4.78, 5) is 16.8. The Labute approximate surface area is 104 Å². The van der Waals surface area contributed by atoms with E-state index in [1.807, 2.05) is 0 Å². The average Bonchev–Trinajstić information content (AvgIpc) is 2.71. The highest BCUT2D eigenvalue weighted by Crippen LogP contribution is 2.20. The number of nitrogens with one attached hydrogen (secondary N) is 1. The predicted octanol–water partition coefficient (Wildman–Crippen LogP) is 0.885. The SMILES string of the molecule is CCN1CCCC(N2CNC(C(C)C)C2=O)C1. The number of piperidine rings is 1. The Morgan fingerprint density at radius 2 is 2.24 bits per heavy atom. The van der Waals surface area contributed by atoms with Crippen molar-refractivity contribution in [2.45, 2.75) is 45.7 Å². The number of hydrogen-bond acceptors (Lipinski definition) is 3. The Morgan fingerprint density at radius 1 is 1.47 bits per heavy atom. The van der Waals surface area contributed by atoms with E-state index in [9.17, 15) is 4.79 Å².